The minimum atomic E-state index is -3.73. The molecule has 23 heavy (non-hydrogen) atoms. The molecule has 0 saturated heterocycles. The normalized spacial score (nSPS) is 11.1. The highest BCUT2D eigenvalue weighted by atomic mass is 79.9. The van der Waals surface area contributed by atoms with Gasteiger partial charge in [0.05, 0.1) is 22.8 Å². The van der Waals surface area contributed by atoms with Gasteiger partial charge in [-0.15, -0.1) is 0 Å². The van der Waals surface area contributed by atoms with E-state index in [0.717, 1.165) is 0 Å². The van der Waals surface area contributed by atoms with Crippen molar-refractivity contribution in [3.8, 4) is 0 Å². The van der Waals surface area contributed by atoms with E-state index in [2.05, 4.69) is 36.6 Å². The van der Waals surface area contributed by atoms with Gasteiger partial charge in [0.2, 0.25) is 0 Å². The summed E-state index contributed by atoms with van der Waals surface area (Å²) in [6.07, 6.45) is 0. The molecule has 0 atom stereocenters. The van der Waals surface area contributed by atoms with Crippen LogP contribution in [0.1, 0.15) is 17.3 Å². The molecule has 0 amide bonds. The molecule has 122 valence electrons. The first kappa shape index (κ1) is 18.0. The van der Waals surface area contributed by atoms with Crippen molar-refractivity contribution in [1.82, 2.24) is 0 Å². The van der Waals surface area contributed by atoms with Gasteiger partial charge in [0.15, 0.2) is 0 Å². The summed E-state index contributed by atoms with van der Waals surface area (Å²) in [4.78, 5) is 11.8. The second kappa shape index (κ2) is 7.46. The van der Waals surface area contributed by atoms with Crippen molar-refractivity contribution >= 4 is 53.5 Å². The van der Waals surface area contributed by atoms with Crippen LogP contribution in [-0.2, 0) is 14.8 Å². The van der Waals surface area contributed by atoms with Gasteiger partial charge in [-0.3, -0.25) is 4.72 Å². The SMILES string of the molecule is CCOC(=O)c1ccc(NS(=O)(=O)c2cccc(Br)c2)c(Br)c1. The van der Waals surface area contributed by atoms with Crippen LogP contribution in [0.2, 0.25) is 0 Å². The highest BCUT2D eigenvalue weighted by molar-refractivity contribution is 9.10. The van der Waals surface area contributed by atoms with Crippen LogP contribution in [0.5, 0.6) is 0 Å². The van der Waals surface area contributed by atoms with E-state index < -0.39 is 16.0 Å². The predicted molar refractivity (Wildman–Crippen MR) is 95.0 cm³/mol. The second-order valence-corrected chi connectivity index (χ2v) is 7.93. The summed E-state index contributed by atoms with van der Waals surface area (Å²) in [5.41, 5.74) is 0.669. The zero-order valence-corrected chi connectivity index (χ0v) is 16.0. The Bertz CT molecular complexity index is 837. The van der Waals surface area contributed by atoms with E-state index in [1.54, 1.807) is 19.1 Å². The van der Waals surface area contributed by atoms with Crippen molar-refractivity contribution in [2.24, 2.45) is 0 Å². The van der Waals surface area contributed by atoms with Gasteiger partial charge < -0.3 is 4.74 Å². The fourth-order valence-corrected chi connectivity index (χ4v) is 4.06. The zero-order valence-electron chi connectivity index (χ0n) is 12.0. The topological polar surface area (TPSA) is 72.5 Å². The van der Waals surface area contributed by atoms with Gasteiger partial charge in [-0.05, 0) is 59.3 Å². The van der Waals surface area contributed by atoms with Crippen molar-refractivity contribution in [1.29, 1.82) is 0 Å². The first-order valence-corrected chi connectivity index (χ1v) is 9.65. The van der Waals surface area contributed by atoms with Crippen LogP contribution >= 0.6 is 31.9 Å². The molecule has 0 saturated carbocycles. The second-order valence-electron chi connectivity index (χ2n) is 4.48. The van der Waals surface area contributed by atoms with Gasteiger partial charge in [0.1, 0.15) is 0 Å². The molecule has 0 spiro atoms. The van der Waals surface area contributed by atoms with Crippen LogP contribution in [0, 0.1) is 0 Å². The quantitative estimate of drug-likeness (QED) is 0.676. The molecule has 0 heterocycles. The number of rotatable bonds is 5. The molecule has 8 heteroatoms. The standard InChI is InChI=1S/C15H13Br2NO4S/c1-2-22-15(19)10-6-7-14(13(17)8-10)18-23(20,21)12-5-3-4-11(16)9-12/h3-9,18H,2H2,1H3. The maximum atomic E-state index is 12.4. The van der Waals surface area contributed by atoms with Crippen LogP contribution in [0.4, 0.5) is 5.69 Å². The first-order chi connectivity index (χ1) is 10.8. The summed E-state index contributed by atoms with van der Waals surface area (Å²) in [6, 6.07) is 10.9. The van der Waals surface area contributed by atoms with Crippen molar-refractivity contribution in [3.05, 3.63) is 57.0 Å². The van der Waals surface area contributed by atoms with Crippen LogP contribution in [0.15, 0.2) is 56.3 Å². The average molecular weight is 463 g/mol. The third kappa shape index (κ3) is 4.55. The molecule has 0 aliphatic carbocycles. The van der Waals surface area contributed by atoms with Gasteiger partial charge in [0.25, 0.3) is 10.0 Å². The van der Waals surface area contributed by atoms with E-state index in [9.17, 15) is 13.2 Å². The van der Waals surface area contributed by atoms with Crippen LogP contribution in [0.25, 0.3) is 0 Å². The highest BCUT2D eigenvalue weighted by Crippen LogP contribution is 2.27. The summed E-state index contributed by atoms with van der Waals surface area (Å²) in [6.45, 7) is 1.99. The number of benzene rings is 2. The monoisotopic (exact) mass is 461 g/mol. The molecule has 5 nitrogen and oxygen atoms in total. The van der Waals surface area contributed by atoms with E-state index in [0.29, 0.717) is 20.2 Å². The maximum Gasteiger partial charge on any atom is 0.338 e. The molecule has 0 bridgehead atoms. The molecule has 0 unspecified atom stereocenters. The van der Waals surface area contributed by atoms with Gasteiger partial charge >= 0.3 is 5.97 Å². The fraction of sp³-hybridized carbons (Fsp3) is 0.133. The van der Waals surface area contributed by atoms with E-state index >= 15 is 0 Å². The number of carbonyl (C=O) groups excluding carboxylic acids is 1. The number of halogens is 2. The number of sulfonamides is 1. The van der Waals surface area contributed by atoms with Crippen molar-refractivity contribution in [2.45, 2.75) is 11.8 Å². The van der Waals surface area contributed by atoms with E-state index in [1.165, 1.54) is 30.3 Å². The van der Waals surface area contributed by atoms with Gasteiger partial charge in [-0.25, -0.2) is 13.2 Å². The number of anilines is 1. The number of hydrogen-bond acceptors (Lipinski definition) is 4. The molecule has 0 fully saturated rings. The van der Waals surface area contributed by atoms with E-state index in [1.807, 2.05) is 0 Å². The first-order valence-electron chi connectivity index (χ1n) is 6.58. The van der Waals surface area contributed by atoms with Crippen molar-refractivity contribution in [2.75, 3.05) is 11.3 Å². The molecule has 0 aliphatic rings. The Morgan fingerprint density at radius 3 is 2.52 bits per heavy atom. The smallest absolute Gasteiger partial charge is 0.338 e. The highest BCUT2D eigenvalue weighted by Gasteiger charge is 2.17. The van der Waals surface area contributed by atoms with Crippen LogP contribution < -0.4 is 4.72 Å². The van der Waals surface area contributed by atoms with E-state index in [-0.39, 0.29) is 11.5 Å². The van der Waals surface area contributed by atoms with Crippen molar-refractivity contribution < 1.29 is 17.9 Å². The Balaban J connectivity index is 2.28. The molecular weight excluding hydrogens is 450 g/mol. The van der Waals surface area contributed by atoms with Gasteiger partial charge in [-0.2, -0.15) is 0 Å². The molecule has 0 aliphatic heterocycles. The lowest BCUT2D eigenvalue weighted by atomic mass is 10.2. The lowest BCUT2D eigenvalue weighted by Gasteiger charge is -2.11. The summed E-state index contributed by atoms with van der Waals surface area (Å²) in [5.74, 6) is -0.463. The summed E-state index contributed by atoms with van der Waals surface area (Å²) < 4.78 is 33.3. The van der Waals surface area contributed by atoms with Gasteiger partial charge in [0, 0.05) is 8.95 Å². The number of esters is 1. The largest absolute Gasteiger partial charge is 0.462 e. The number of ether oxygens (including phenoxy) is 1. The lowest BCUT2D eigenvalue weighted by molar-refractivity contribution is 0.0526. The van der Waals surface area contributed by atoms with Crippen LogP contribution in [0.3, 0.4) is 0 Å². The predicted octanol–water partition coefficient (Wildman–Crippen LogP) is 4.19. The minimum Gasteiger partial charge on any atom is -0.462 e. The molecule has 2 rings (SSSR count). The lowest BCUT2D eigenvalue weighted by Crippen LogP contribution is -2.13. The Morgan fingerprint density at radius 1 is 1.17 bits per heavy atom. The number of carbonyl (C=O) groups is 1. The van der Waals surface area contributed by atoms with E-state index in [4.69, 9.17) is 4.74 Å². The minimum absolute atomic E-state index is 0.133. The molecule has 2 aromatic rings. The third-order valence-corrected chi connectivity index (χ3v) is 5.34. The Labute approximate surface area is 151 Å². The number of nitrogens with one attached hydrogen (secondary N) is 1. The molecule has 0 radical (unpaired) electrons. The summed E-state index contributed by atoms with van der Waals surface area (Å²) >= 11 is 6.50. The maximum absolute atomic E-state index is 12.4. The third-order valence-electron chi connectivity index (χ3n) is 2.83. The summed E-state index contributed by atoms with van der Waals surface area (Å²) in [7, 11) is -3.73. The Kier molecular flexibility index (Phi) is 5.83. The van der Waals surface area contributed by atoms with Gasteiger partial charge in [-0.1, -0.05) is 22.0 Å². The molecular formula is C15H13Br2NO4S. The van der Waals surface area contributed by atoms with Crippen LogP contribution in [-0.4, -0.2) is 21.0 Å². The summed E-state index contributed by atoms with van der Waals surface area (Å²) in [5, 5.41) is 0. The average Bonchev–Trinajstić information content (AvgIpc) is 2.49. The molecule has 1 N–H and O–H groups in total. The fourth-order valence-electron chi connectivity index (χ4n) is 1.78. The Hall–Kier alpha value is -1.38. The molecule has 0 aromatic heterocycles. The molecule has 2 aromatic carbocycles. The zero-order chi connectivity index (χ0) is 17.0. The van der Waals surface area contributed by atoms with Crippen molar-refractivity contribution in [3.63, 3.8) is 0 Å². The number of hydrogen-bond donors (Lipinski definition) is 1. The Morgan fingerprint density at radius 2 is 1.91 bits per heavy atom.